The van der Waals surface area contributed by atoms with Gasteiger partial charge >= 0.3 is 0 Å². The summed E-state index contributed by atoms with van der Waals surface area (Å²) in [4.78, 5) is 35.2. The van der Waals surface area contributed by atoms with Crippen molar-refractivity contribution >= 4 is 39.2 Å². The maximum atomic E-state index is 13.4. The van der Waals surface area contributed by atoms with E-state index in [1.54, 1.807) is 22.0 Å². The summed E-state index contributed by atoms with van der Waals surface area (Å²) in [6, 6.07) is 0. The molecule has 7 heteroatoms. The van der Waals surface area contributed by atoms with Crippen LogP contribution in [0.25, 0.3) is 10.2 Å². The van der Waals surface area contributed by atoms with Crippen molar-refractivity contribution in [2.75, 3.05) is 18.8 Å². The van der Waals surface area contributed by atoms with E-state index in [1.807, 2.05) is 4.90 Å². The average molecular weight is 446 g/mol. The first kappa shape index (κ1) is 21.6. The summed E-state index contributed by atoms with van der Waals surface area (Å²) in [6.07, 6.45) is 8.47. The second-order valence-corrected chi connectivity index (χ2v) is 10.9. The van der Waals surface area contributed by atoms with E-state index in [9.17, 15) is 9.59 Å². The lowest BCUT2D eigenvalue weighted by atomic mass is 9.92. The third-order valence-corrected chi connectivity index (χ3v) is 8.29. The molecule has 2 unspecified atom stereocenters. The van der Waals surface area contributed by atoms with Crippen LogP contribution in [0.2, 0.25) is 0 Å². The fourth-order valence-corrected chi connectivity index (χ4v) is 7.09. The van der Waals surface area contributed by atoms with Gasteiger partial charge in [0.2, 0.25) is 5.91 Å². The van der Waals surface area contributed by atoms with Gasteiger partial charge in [0.05, 0.1) is 11.1 Å². The Morgan fingerprint density at radius 2 is 1.97 bits per heavy atom. The summed E-state index contributed by atoms with van der Waals surface area (Å²) in [7, 11) is 0. The summed E-state index contributed by atoms with van der Waals surface area (Å²) >= 11 is 3.06. The van der Waals surface area contributed by atoms with E-state index >= 15 is 0 Å². The van der Waals surface area contributed by atoms with E-state index in [1.165, 1.54) is 41.5 Å². The molecule has 0 radical (unpaired) electrons. The number of hydrogen-bond donors (Lipinski definition) is 0. The third kappa shape index (κ3) is 4.37. The summed E-state index contributed by atoms with van der Waals surface area (Å²) < 4.78 is 1.70. The maximum Gasteiger partial charge on any atom is 0.263 e. The molecule has 3 heterocycles. The molecule has 0 spiro atoms. The minimum absolute atomic E-state index is 0.0227. The van der Waals surface area contributed by atoms with Gasteiger partial charge in [-0.25, -0.2) is 4.98 Å². The van der Waals surface area contributed by atoms with Crippen molar-refractivity contribution in [2.24, 2.45) is 11.8 Å². The number of aryl methyl sites for hydroxylation is 2. The molecule has 30 heavy (non-hydrogen) atoms. The van der Waals surface area contributed by atoms with E-state index in [4.69, 9.17) is 4.98 Å². The second-order valence-electron chi connectivity index (χ2n) is 8.88. The zero-order chi connectivity index (χ0) is 21.3. The minimum atomic E-state index is 0.0227. The van der Waals surface area contributed by atoms with Crippen molar-refractivity contribution in [3.05, 3.63) is 33.4 Å². The normalized spacial score (nSPS) is 22.0. The largest absolute Gasteiger partial charge is 0.341 e. The van der Waals surface area contributed by atoms with E-state index in [0.29, 0.717) is 29.3 Å². The Kier molecular flexibility index (Phi) is 6.68. The first-order chi connectivity index (χ1) is 14.5. The molecule has 1 fully saturated rings. The number of piperidine rings is 1. The molecule has 0 aromatic carbocycles. The van der Waals surface area contributed by atoms with Crippen molar-refractivity contribution in [1.82, 2.24) is 14.5 Å². The average Bonchev–Trinajstić information content (AvgIpc) is 2.89. The molecule has 1 aliphatic carbocycles. The molecule has 2 aliphatic rings. The zero-order valence-electron chi connectivity index (χ0n) is 18.0. The summed E-state index contributed by atoms with van der Waals surface area (Å²) in [5.41, 5.74) is 1.24. The van der Waals surface area contributed by atoms with Crippen LogP contribution in [-0.4, -0.2) is 39.2 Å². The second kappa shape index (κ2) is 9.27. The molecule has 0 N–H and O–H groups in total. The molecular formula is C23H31N3O2S2. The van der Waals surface area contributed by atoms with Crippen LogP contribution in [0, 0.1) is 11.8 Å². The van der Waals surface area contributed by atoms with Gasteiger partial charge in [-0.05, 0) is 49.5 Å². The summed E-state index contributed by atoms with van der Waals surface area (Å²) in [6.45, 7) is 10.3. The molecule has 4 rings (SSSR count). The Balaban J connectivity index is 1.62. The fraction of sp³-hybridized carbons (Fsp3) is 0.609. The quantitative estimate of drug-likeness (QED) is 0.294. The van der Waals surface area contributed by atoms with Gasteiger partial charge in [-0.15, -0.1) is 17.9 Å². The molecule has 2 atom stereocenters. The fourth-order valence-electron chi connectivity index (χ4n) is 4.88. The van der Waals surface area contributed by atoms with Crippen LogP contribution in [-0.2, 0) is 24.2 Å². The number of fused-ring (bicyclic) bond motifs is 3. The lowest BCUT2D eigenvalue weighted by Gasteiger charge is -2.35. The molecule has 1 aliphatic heterocycles. The highest BCUT2D eigenvalue weighted by Crippen LogP contribution is 2.34. The highest BCUT2D eigenvalue weighted by Gasteiger charge is 2.26. The number of allylic oxidation sites excluding steroid dienone is 1. The molecular weight excluding hydrogens is 414 g/mol. The number of aromatic nitrogens is 2. The monoisotopic (exact) mass is 445 g/mol. The number of likely N-dealkylation sites (tertiary alicyclic amines) is 1. The third-order valence-electron chi connectivity index (χ3n) is 6.15. The maximum absolute atomic E-state index is 13.4. The number of carbonyl (C=O) groups excluding carboxylic acids is 1. The number of hydrogen-bond acceptors (Lipinski definition) is 5. The van der Waals surface area contributed by atoms with Gasteiger partial charge in [-0.2, -0.15) is 0 Å². The molecule has 0 saturated carbocycles. The number of amides is 1. The van der Waals surface area contributed by atoms with Gasteiger partial charge in [0.25, 0.3) is 5.56 Å². The number of carbonyl (C=O) groups is 1. The van der Waals surface area contributed by atoms with E-state index in [-0.39, 0.29) is 11.5 Å². The van der Waals surface area contributed by atoms with Gasteiger partial charge in [-0.1, -0.05) is 38.1 Å². The van der Waals surface area contributed by atoms with Crippen LogP contribution in [0.15, 0.2) is 22.6 Å². The minimum Gasteiger partial charge on any atom is -0.341 e. The Morgan fingerprint density at radius 3 is 2.70 bits per heavy atom. The molecule has 1 saturated heterocycles. The molecule has 2 aromatic rings. The van der Waals surface area contributed by atoms with Crippen molar-refractivity contribution in [3.63, 3.8) is 0 Å². The molecule has 5 nitrogen and oxygen atoms in total. The van der Waals surface area contributed by atoms with Gasteiger partial charge in [0.1, 0.15) is 4.83 Å². The Hall–Kier alpha value is -1.60. The topological polar surface area (TPSA) is 55.2 Å². The highest BCUT2D eigenvalue weighted by atomic mass is 32.2. The standard InChI is InChI=1S/C23H31N3O2S2/c1-4-10-26-22(28)20-17-8-6-5-7-9-18(17)30-21(20)24-23(26)29-14-19(27)25-12-15(2)11-16(3)13-25/h4,15-16H,1,5-14H2,2-3H3. The highest BCUT2D eigenvalue weighted by molar-refractivity contribution is 7.99. The number of thioether (sulfide) groups is 1. The lowest BCUT2D eigenvalue weighted by molar-refractivity contribution is -0.130. The van der Waals surface area contributed by atoms with Gasteiger partial charge in [0, 0.05) is 24.5 Å². The van der Waals surface area contributed by atoms with Crippen LogP contribution in [0.3, 0.4) is 0 Å². The number of thiophene rings is 1. The van der Waals surface area contributed by atoms with Crippen LogP contribution in [0.1, 0.15) is 50.0 Å². The van der Waals surface area contributed by atoms with Crippen molar-refractivity contribution in [3.8, 4) is 0 Å². The molecule has 1 amide bonds. The van der Waals surface area contributed by atoms with Crippen LogP contribution >= 0.6 is 23.1 Å². The van der Waals surface area contributed by atoms with Crippen molar-refractivity contribution in [1.29, 1.82) is 0 Å². The van der Waals surface area contributed by atoms with Crippen LogP contribution < -0.4 is 5.56 Å². The van der Waals surface area contributed by atoms with Gasteiger partial charge < -0.3 is 4.90 Å². The van der Waals surface area contributed by atoms with E-state index in [0.717, 1.165) is 42.6 Å². The Bertz CT molecular complexity index is 1000. The molecule has 2 aromatic heterocycles. The Labute approximate surface area is 186 Å². The first-order valence-corrected chi connectivity index (χ1v) is 12.8. The number of nitrogens with zero attached hydrogens (tertiary/aromatic N) is 3. The molecule has 0 bridgehead atoms. The van der Waals surface area contributed by atoms with Gasteiger partial charge in [-0.3, -0.25) is 14.2 Å². The number of rotatable bonds is 5. The van der Waals surface area contributed by atoms with E-state index < -0.39 is 0 Å². The zero-order valence-corrected chi connectivity index (χ0v) is 19.6. The van der Waals surface area contributed by atoms with E-state index in [2.05, 4.69) is 20.4 Å². The SMILES string of the molecule is C=CCn1c(SCC(=O)N2CC(C)CC(C)C2)nc2sc3c(c2c1=O)CCCCC3. The van der Waals surface area contributed by atoms with Crippen molar-refractivity contribution < 1.29 is 4.79 Å². The smallest absolute Gasteiger partial charge is 0.263 e. The summed E-state index contributed by atoms with van der Waals surface area (Å²) in [5.74, 6) is 1.54. The molecule has 162 valence electrons. The van der Waals surface area contributed by atoms with Crippen molar-refractivity contribution in [2.45, 2.75) is 64.1 Å². The van der Waals surface area contributed by atoms with Crippen LogP contribution in [0.5, 0.6) is 0 Å². The first-order valence-electron chi connectivity index (χ1n) is 11.0. The summed E-state index contributed by atoms with van der Waals surface area (Å²) in [5, 5.41) is 1.43. The predicted molar refractivity (Wildman–Crippen MR) is 126 cm³/mol. The van der Waals surface area contributed by atoms with Gasteiger partial charge in [0.15, 0.2) is 5.16 Å². The lowest BCUT2D eigenvalue weighted by Crippen LogP contribution is -2.43. The predicted octanol–water partition coefficient (Wildman–Crippen LogP) is 4.51. The van der Waals surface area contributed by atoms with Crippen LogP contribution in [0.4, 0.5) is 0 Å². The Morgan fingerprint density at radius 1 is 1.23 bits per heavy atom.